The molecule has 4 rings (SSSR count). The lowest BCUT2D eigenvalue weighted by atomic mass is 9.83. The molecule has 2 aliphatic rings. The van der Waals surface area contributed by atoms with E-state index in [-0.39, 0.29) is 18.9 Å². The molecule has 0 saturated heterocycles. The van der Waals surface area contributed by atoms with Crippen LogP contribution in [0.3, 0.4) is 0 Å². The summed E-state index contributed by atoms with van der Waals surface area (Å²) in [5.41, 5.74) is 2.50. The first-order valence-corrected chi connectivity index (χ1v) is 9.54. The van der Waals surface area contributed by atoms with E-state index in [9.17, 15) is 9.59 Å². The molecule has 0 N–H and O–H groups in total. The van der Waals surface area contributed by atoms with Crippen molar-refractivity contribution in [2.24, 2.45) is 0 Å². The molecule has 0 aromatic heterocycles. The Balaban J connectivity index is 1.87. The van der Waals surface area contributed by atoms with Crippen LogP contribution in [-0.4, -0.2) is 32.7 Å². The minimum absolute atomic E-state index is 0.0647. The SMILES string of the molecule is COc1cccc([C@H]2CC(=O)N(c3cccc(Br)c3)C3=C2C(=O)OC3)c1OC. The number of cyclic esters (lactones) is 1. The highest BCUT2D eigenvalue weighted by molar-refractivity contribution is 9.10. The standard InChI is InChI=1S/C21H18BrNO5/c1-26-17-8-4-7-14(20(17)27-2)15-10-18(24)23(13-6-3-5-12(22)9-13)16-11-28-21(25)19(15)16/h3-9,15H,10-11H2,1-2H3/t15-/m1/s1. The van der Waals surface area contributed by atoms with Crippen molar-refractivity contribution in [2.45, 2.75) is 12.3 Å². The van der Waals surface area contributed by atoms with E-state index in [2.05, 4.69) is 15.9 Å². The van der Waals surface area contributed by atoms with E-state index in [1.807, 2.05) is 36.4 Å². The molecule has 28 heavy (non-hydrogen) atoms. The van der Waals surface area contributed by atoms with Gasteiger partial charge in [-0.1, -0.05) is 34.1 Å². The Hall–Kier alpha value is -2.80. The second-order valence-corrected chi connectivity index (χ2v) is 7.40. The molecule has 2 aromatic carbocycles. The van der Waals surface area contributed by atoms with E-state index in [1.54, 1.807) is 25.2 Å². The molecule has 1 amide bonds. The zero-order valence-corrected chi connectivity index (χ0v) is 17.0. The number of hydrogen-bond donors (Lipinski definition) is 0. The largest absolute Gasteiger partial charge is 0.493 e. The second kappa shape index (κ2) is 7.31. The molecule has 6 nitrogen and oxygen atoms in total. The number of rotatable bonds is 4. The van der Waals surface area contributed by atoms with Crippen molar-refractivity contribution < 1.29 is 23.8 Å². The van der Waals surface area contributed by atoms with Crippen molar-refractivity contribution in [3.8, 4) is 11.5 Å². The Bertz CT molecular complexity index is 1000. The van der Waals surface area contributed by atoms with E-state index in [4.69, 9.17) is 14.2 Å². The van der Waals surface area contributed by atoms with Crippen molar-refractivity contribution in [1.82, 2.24) is 0 Å². The van der Waals surface area contributed by atoms with Crippen LogP contribution in [0.25, 0.3) is 0 Å². The van der Waals surface area contributed by atoms with Crippen LogP contribution in [-0.2, 0) is 14.3 Å². The van der Waals surface area contributed by atoms with E-state index >= 15 is 0 Å². The van der Waals surface area contributed by atoms with Crippen LogP contribution in [0.2, 0.25) is 0 Å². The van der Waals surface area contributed by atoms with Gasteiger partial charge in [0.15, 0.2) is 11.5 Å². The number of carbonyl (C=O) groups is 2. The van der Waals surface area contributed by atoms with Gasteiger partial charge in [-0.25, -0.2) is 4.79 Å². The average Bonchev–Trinajstić information content (AvgIpc) is 3.08. The summed E-state index contributed by atoms with van der Waals surface area (Å²) >= 11 is 3.43. The van der Waals surface area contributed by atoms with Crippen LogP contribution in [0.15, 0.2) is 58.2 Å². The first-order chi connectivity index (χ1) is 13.5. The number of halogens is 1. The van der Waals surface area contributed by atoms with Crippen molar-refractivity contribution >= 4 is 33.5 Å². The zero-order valence-electron chi connectivity index (χ0n) is 15.4. The Morgan fingerprint density at radius 3 is 2.61 bits per heavy atom. The molecule has 0 aliphatic carbocycles. The van der Waals surface area contributed by atoms with Crippen molar-refractivity contribution in [1.29, 1.82) is 0 Å². The van der Waals surface area contributed by atoms with Crippen LogP contribution in [0.1, 0.15) is 17.9 Å². The van der Waals surface area contributed by atoms with Gasteiger partial charge < -0.3 is 14.2 Å². The summed E-state index contributed by atoms with van der Waals surface area (Å²) in [4.78, 5) is 27.3. The van der Waals surface area contributed by atoms with Gasteiger partial charge in [0.25, 0.3) is 0 Å². The van der Waals surface area contributed by atoms with Gasteiger partial charge in [-0.2, -0.15) is 0 Å². The molecule has 0 unspecified atom stereocenters. The fourth-order valence-corrected chi connectivity index (χ4v) is 4.21. The molecule has 2 aliphatic heterocycles. The average molecular weight is 444 g/mol. The van der Waals surface area contributed by atoms with Gasteiger partial charge in [0.1, 0.15) is 6.61 Å². The lowest BCUT2D eigenvalue weighted by Crippen LogP contribution is -2.37. The van der Waals surface area contributed by atoms with Crippen LogP contribution in [0, 0.1) is 0 Å². The van der Waals surface area contributed by atoms with E-state index in [0.717, 1.165) is 10.0 Å². The van der Waals surface area contributed by atoms with Crippen LogP contribution in [0.5, 0.6) is 11.5 Å². The fourth-order valence-electron chi connectivity index (χ4n) is 3.82. The number of esters is 1. The highest BCUT2D eigenvalue weighted by Gasteiger charge is 2.44. The number of anilines is 1. The van der Waals surface area contributed by atoms with Gasteiger partial charge in [0, 0.05) is 28.1 Å². The molecule has 0 fully saturated rings. The molecule has 7 heteroatoms. The number of hydrogen-bond acceptors (Lipinski definition) is 5. The quantitative estimate of drug-likeness (QED) is 0.672. The van der Waals surface area contributed by atoms with Crippen molar-refractivity contribution in [2.75, 3.05) is 25.7 Å². The molecule has 2 heterocycles. The maximum atomic E-state index is 13.1. The number of carbonyl (C=O) groups excluding carboxylic acids is 2. The number of amides is 1. The number of nitrogens with zero attached hydrogens (tertiary/aromatic N) is 1. The maximum absolute atomic E-state index is 13.1. The number of benzene rings is 2. The Labute approximate surface area is 170 Å². The monoisotopic (exact) mass is 443 g/mol. The summed E-state index contributed by atoms with van der Waals surface area (Å²) in [5, 5.41) is 0. The molecule has 0 radical (unpaired) electrons. The predicted octanol–water partition coefficient (Wildman–Crippen LogP) is 3.80. The van der Waals surface area contributed by atoms with Gasteiger partial charge in [-0.05, 0) is 24.3 Å². The molecular formula is C21H18BrNO5. The molecule has 1 atom stereocenters. The third kappa shape index (κ3) is 2.96. The number of methoxy groups -OCH3 is 2. The third-order valence-corrected chi connectivity index (χ3v) is 5.49. The fraction of sp³-hybridized carbons (Fsp3) is 0.238. The lowest BCUT2D eigenvalue weighted by molar-refractivity contribution is -0.136. The van der Waals surface area contributed by atoms with E-state index in [0.29, 0.717) is 28.5 Å². The Morgan fingerprint density at radius 1 is 1.11 bits per heavy atom. The Morgan fingerprint density at radius 2 is 1.89 bits per heavy atom. The normalized spacial score (nSPS) is 18.8. The summed E-state index contributed by atoms with van der Waals surface area (Å²) in [7, 11) is 3.10. The molecule has 0 saturated carbocycles. The number of para-hydroxylation sites is 1. The van der Waals surface area contributed by atoms with Gasteiger partial charge >= 0.3 is 5.97 Å². The predicted molar refractivity (Wildman–Crippen MR) is 107 cm³/mol. The van der Waals surface area contributed by atoms with Gasteiger partial charge in [-0.3, -0.25) is 9.69 Å². The summed E-state index contributed by atoms with van der Waals surface area (Å²) in [6.07, 6.45) is 0.129. The molecular weight excluding hydrogens is 426 g/mol. The number of ether oxygens (including phenoxy) is 3. The Kier molecular flexibility index (Phi) is 4.85. The van der Waals surface area contributed by atoms with Crippen molar-refractivity contribution in [3.63, 3.8) is 0 Å². The summed E-state index contributed by atoms with van der Waals surface area (Å²) in [6, 6.07) is 12.9. The second-order valence-electron chi connectivity index (χ2n) is 6.48. The summed E-state index contributed by atoms with van der Waals surface area (Å²) < 4.78 is 17.1. The molecule has 0 spiro atoms. The zero-order chi connectivity index (χ0) is 19.8. The van der Waals surface area contributed by atoms with Crippen LogP contribution >= 0.6 is 15.9 Å². The molecule has 144 valence electrons. The highest BCUT2D eigenvalue weighted by Crippen LogP contribution is 2.46. The summed E-state index contributed by atoms with van der Waals surface area (Å²) in [6.45, 7) is 0.0647. The third-order valence-electron chi connectivity index (χ3n) is 4.99. The summed E-state index contributed by atoms with van der Waals surface area (Å²) in [5.74, 6) is 0.106. The van der Waals surface area contributed by atoms with Crippen LogP contribution < -0.4 is 14.4 Å². The highest BCUT2D eigenvalue weighted by atomic mass is 79.9. The maximum Gasteiger partial charge on any atom is 0.336 e. The molecule has 0 bridgehead atoms. The smallest absolute Gasteiger partial charge is 0.336 e. The van der Waals surface area contributed by atoms with Gasteiger partial charge in [-0.15, -0.1) is 0 Å². The van der Waals surface area contributed by atoms with Crippen LogP contribution in [0.4, 0.5) is 5.69 Å². The van der Waals surface area contributed by atoms with Gasteiger partial charge in [0.05, 0.1) is 25.5 Å². The topological polar surface area (TPSA) is 65.1 Å². The first-order valence-electron chi connectivity index (χ1n) is 8.74. The minimum atomic E-state index is -0.453. The van der Waals surface area contributed by atoms with E-state index < -0.39 is 11.9 Å². The minimum Gasteiger partial charge on any atom is -0.493 e. The van der Waals surface area contributed by atoms with Crippen molar-refractivity contribution in [3.05, 3.63) is 63.8 Å². The lowest BCUT2D eigenvalue weighted by Gasteiger charge is -2.32. The first kappa shape index (κ1) is 18.6. The van der Waals surface area contributed by atoms with Gasteiger partial charge in [0.2, 0.25) is 5.91 Å². The van der Waals surface area contributed by atoms with E-state index in [1.165, 1.54) is 0 Å². The molecule has 2 aromatic rings.